The minimum absolute atomic E-state index is 0.00441. The summed E-state index contributed by atoms with van der Waals surface area (Å²) in [5.41, 5.74) is 0.765. The zero-order valence-electron chi connectivity index (χ0n) is 20.1. The fourth-order valence-corrected chi connectivity index (χ4v) is 6.28. The number of carbonyl (C=O) groups excluding carboxylic acids is 1. The van der Waals surface area contributed by atoms with Gasteiger partial charge in [0, 0.05) is 56.2 Å². The third-order valence-corrected chi connectivity index (χ3v) is 9.22. The van der Waals surface area contributed by atoms with E-state index in [4.69, 9.17) is 23.2 Å². The van der Waals surface area contributed by atoms with Crippen molar-refractivity contribution in [2.24, 2.45) is 11.8 Å². The van der Waals surface area contributed by atoms with Crippen molar-refractivity contribution >= 4 is 44.8 Å². The number of alkyl halides is 3. The number of nitrogens with one attached hydrogen (secondary N) is 1. The smallest absolute Gasteiger partial charge is 0.385 e. The molecular weight excluding hydrogens is 550 g/mol. The Morgan fingerprint density at radius 3 is 2.24 bits per heavy atom. The molecule has 2 aliphatic rings. The summed E-state index contributed by atoms with van der Waals surface area (Å²) in [5, 5.41) is 4.05. The Morgan fingerprint density at radius 1 is 1.03 bits per heavy atom. The molecule has 2 aromatic rings. The fourth-order valence-electron chi connectivity index (χ4n) is 5.10. The maximum atomic E-state index is 13.4. The quantitative estimate of drug-likeness (QED) is 0.503. The van der Waals surface area contributed by atoms with Crippen molar-refractivity contribution in [3.05, 3.63) is 63.6 Å². The van der Waals surface area contributed by atoms with E-state index in [1.165, 1.54) is 22.7 Å². The lowest BCUT2D eigenvalue weighted by molar-refractivity contribution is -0.137. The Balaban J connectivity index is 1.47. The average molecular weight is 578 g/mol. The SMILES string of the molecule is CS(=O)(=O)N1CCC(C(=O)N2C[C@H](CNc3ccc(C(F)(F)F)cc3)[C@@H](c3ccc(Cl)c(Cl)c3)C2)CC1. The van der Waals surface area contributed by atoms with Gasteiger partial charge in [-0.05, 0) is 54.8 Å². The normalized spacial score (nSPS) is 21.8. The summed E-state index contributed by atoms with van der Waals surface area (Å²) in [6, 6.07) is 10.2. The first-order valence-corrected chi connectivity index (χ1v) is 14.5. The predicted octanol–water partition coefficient (Wildman–Crippen LogP) is 5.34. The summed E-state index contributed by atoms with van der Waals surface area (Å²) in [5.74, 6) is -0.347. The molecule has 0 unspecified atom stereocenters. The van der Waals surface area contributed by atoms with Crippen LogP contribution in [0, 0.1) is 11.8 Å². The molecule has 0 bridgehead atoms. The molecule has 37 heavy (non-hydrogen) atoms. The van der Waals surface area contributed by atoms with Gasteiger partial charge in [-0.25, -0.2) is 12.7 Å². The monoisotopic (exact) mass is 577 g/mol. The Hall–Kier alpha value is -2.01. The van der Waals surface area contributed by atoms with Crippen LogP contribution in [0.4, 0.5) is 18.9 Å². The number of benzene rings is 2. The number of carbonyl (C=O) groups is 1. The van der Waals surface area contributed by atoms with Crippen LogP contribution in [0.2, 0.25) is 10.0 Å². The number of piperidine rings is 1. The molecule has 4 rings (SSSR count). The molecule has 0 radical (unpaired) electrons. The van der Waals surface area contributed by atoms with E-state index in [0.717, 1.165) is 17.7 Å². The molecule has 202 valence electrons. The molecule has 0 spiro atoms. The number of nitrogens with zero attached hydrogens (tertiary/aromatic N) is 2. The summed E-state index contributed by atoms with van der Waals surface area (Å²) in [4.78, 5) is 15.2. The van der Waals surface area contributed by atoms with Gasteiger partial charge in [-0.3, -0.25) is 4.79 Å². The summed E-state index contributed by atoms with van der Waals surface area (Å²) in [6.45, 7) is 2.00. The Morgan fingerprint density at radius 2 is 1.68 bits per heavy atom. The highest BCUT2D eigenvalue weighted by Crippen LogP contribution is 2.37. The Labute approximate surface area is 224 Å². The lowest BCUT2D eigenvalue weighted by Crippen LogP contribution is -2.43. The molecule has 2 heterocycles. The van der Waals surface area contributed by atoms with Gasteiger partial charge >= 0.3 is 6.18 Å². The van der Waals surface area contributed by atoms with Crippen molar-refractivity contribution < 1.29 is 26.4 Å². The van der Waals surface area contributed by atoms with Gasteiger partial charge in [-0.15, -0.1) is 0 Å². The lowest BCUT2D eigenvalue weighted by Gasteiger charge is -2.31. The molecule has 2 saturated heterocycles. The van der Waals surface area contributed by atoms with E-state index in [9.17, 15) is 26.4 Å². The number of anilines is 1. The molecule has 0 saturated carbocycles. The highest BCUT2D eigenvalue weighted by molar-refractivity contribution is 7.88. The van der Waals surface area contributed by atoms with Crippen molar-refractivity contribution in [1.29, 1.82) is 0 Å². The molecular formula is C25H28Cl2F3N3O3S. The van der Waals surface area contributed by atoms with Crippen molar-refractivity contribution in [2.45, 2.75) is 24.9 Å². The molecule has 2 atom stereocenters. The van der Waals surface area contributed by atoms with Crippen LogP contribution in [0.5, 0.6) is 0 Å². The van der Waals surface area contributed by atoms with Gasteiger partial charge < -0.3 is 10.2 Å². The Kier molecular flexibility index (Phi) is 8.33. The molecule has 2 fully saturated rings. The van der Waals surface area contributed by atoms with Gasteiger partial charge in [-0.1, -0.05) is 29.3 Å². The van der Waals surface area contributed by atoms with Gasteiger partial charge in [0.25, 0.3) is 0 Å². The van der Waals surface area contributed by atoms with E-state index < -0.39 is 21.8 Å². The molecule has 2 aromatic carbocycles. The number of halogens is 5. The number of hydrogen-bond donors (Lipinski definition) is 1. The predicted molar refractivity (Wildman–Crippen MR) is 138 cm³/mol. The van der Waals surface area contributed by atoms with Crippen molar-refractivity contribution in [2.75, 3.05) is 44.3 Å². The minimum atomic E-state index is -4.40. The summed E-state index contributed by atoms with van der Waals surface area (Å²) in [7, 11) is -3.29. The zero-order chi connectivity index (χ0) is 27.0. The van der Waals surface area contributed by atoms with Gasteiger partial charge in [0.05, 0.1) is 21.9 Å². The van der Waals surface area contributed by atoms with E-state index in [2.05, 4.69) is 5.32 Å². The molecule has 6 nitrogen and oxygen atoms in total. The number of amides is 1. The molecule has 0 aliphatic carbocycles. The number of sulfonamides is 1. The van der Waals surface area contributed by atoms with Crippen molar-refractivity contribution in [3.63, 3.8) is 0 Å². The van der Waals surface area contributed by atoms with E-state index in [1.807, 2.05) is 11.0 Å². The maximum absolute atomic E-state index is 13.4. The van der Waals surface area contributed by atoms with Crippen LogP contribution < -0.4 is 5.32 Å². The first-order chi connectivity index (χ1) is 17.3. The highest BCUT2D eigenvalue weighted by atomic mass is 35.5. The molecule has 2 aliphatic heterocycles. The summed E-state index contributed by atoms with van der Waals surface area (Å²) >= 11 is 12.4. The van der Waals surface area contributed by atoms with Crippen LogP contribution in [-0.4, -0.2) is 62.5 Å². The van der Waals surface area contributed by atoms with Crippen LogP contribution in [0.25, 0.3) is 0 Å². The molecule has 12 heteroatoms. The van der Waals surface area contributed by atoms with Crippen LogP contribution in [-0.2, 0) is 21.0 Å². The van der Waals surface area contributed by atoms with Crippen molar-refractivity contribution in [3.8, 4) is 0 Å². The van der Waals surface area contributed by atoms with Crippen molar-refractivity contribution in [1.82, 2.24) is 9.21 Å². The van der Waals surface area contributed by atoms with Crippen LogP contribution in [0.1, 0.15) is 29.9 Å². The first-order valence-electron chi connectivity index (χ1n) is 11.9. The third kappa shape index (κ3) is 6.71. The van der Waals surface area contributed by atoms with E-state index in [-0.39, 0.29) is 23.7 Å². The average Bonchev–Trinajstić information content (AvgIpc) is 3.27. The number of rotatable bonds is 6. The number of hydrogen-bond acceptors (Lipinski definition) is 4. The standard InChI is InChI=1S/C25H28Cl2F3N3O3S/c1-37(35,36)33-10-8-16(9-11-33)24(34)32-14-18(21(15-32)17-2-7-22(26)23(27)12-17)13-31-20-5-3-19(4-6-20)25(28,29)30/h2-7,12,16,18,21,31H,8-11,13-15H2,1H3/t18-,21+/m0/s1. The zero-order valence-corrected chi connectivity index (χ0v) is 22.5. The molecule has 1 amide bonds. The highest BCUT2D eigenvalue weighted by Gasteiger charge is 2.39. The summed E-state index contributed by atoms with van der Waals surface area (Å²) < 4.78 is 63.7. The second-order valence-corrected chi connectivity index (χ2v) is 12.5. The van der Waals surface area contributed by atoms with Gasteiger partial charge in [0.2, 0.25) is 15.9 Å². The Bertz CT molecular complexity index is 1230. The van der Waals surface area contributed by atoms with E-state index in [1.54, 1.807) is 12.1 Å². The second kappa shape index (κ2) is 11.0. The fraction of sp³-hybridized carbons (Fsp3) is 0.480. The maximum Gasteiger partial charge on any atom is 0.416 e. The number of likely N-dealkylation sites (tertiary alicyclic amines) is 1. The van der Waals surface area contributed by atoms with E-state index >= 15 is 0 Å². The topological polar surface area (TPSA) is 69.7 Å². The van der Waals surface area contributed by atoms with Crippen LogP contribution in [0.3, 0.4) is 0 Å². The molecule has 0 aromatic heterocycles. The van der Waals surface area contributed by atoms with E-state index in [0.29, 0.717) is 61.3 Å². The lowest BCUT2D eigenvalue weighted by atomic mass is 9.89. The first kappa shape index (κ1) is 28.0. The summed E-state index contributed by atoms with van der Waals surface area (Å²) in [6.07, 6.45) is -2.30. The molecule has 1 N–H and O–H groups in total. The third-order valence-electron chi connectivity index (χ3n) is 7.18. The largest absolute Gasteiger partial charge is 0.416 e. The van der Waals surface area contributed by atoms with Gasteiger partial charge in [0.1, 0.15) is 0 Å². The van der Waals surface area contributed by atoms with Crippen LogP contribution >= 0.6 is 23.2 Å². The van der Waals surface area contributed by atoms with Gasteiger partial charge in [-0.2, -0.15) is 13.2 Å². The van der Waals surface area contributed by atoms with Crippen LogP contribution in [0.15, 0.2) is 42.5 Å². The van der Waals surface area contributed by atoms with Gasteiger partial charge in [0.15, 0.2) is 0 Å². The second-order valence-electron chi connectivity index (χ2n) is 9.68. The minimum Gasteiger partial charge on any atom is -0.385 e.